The molecule has 1 amide bonds. The van der Waals surface area contributed by atoms with Crippen LogP contribution < -0.4 is 10.1 Å². The smallest absolute Gasteiger partial charge is 0.255 e. The maximum absolute atomic E-state index is 12.9. The lowest BCUT2D eigenvalue weighted by Gasteiger charge is -2.20. The van der Waals surface area contributed by atoms with Crippen LogP contribution in [-0.4, -0.2) is 12.5 Å². The largest absolute Gasteiger partial charge is 0.493 e. The van der Waals surface area contributed by atoms with Crippen molar-refractivity contribution in [2.75, 3.05) is 6.61 Å². The Morgan fingerprint density at radius 2 is 1.36 bits per heavy atom. The van der Waals surface area contributed by atoms with Gasteiger partial charge in [0.2, 0.25) is 0 Å². The van der Waals surface area contributed by atoms with Crippen molar-refractivity contribution < 1.29 is 9.53 Å². The second kappa shape index (κ2) is 8.15. The summed E-state index contributed by atoms with van der Waals surface area (Å²) in [6.45, 7) is 2.43. The van der Waals surface area contributed by atoms with E-state index in [4.69, 9.17) is 4.74 Å². The first-order chi connectivity index (χ1) is 12.3. The Balaban J connectivity index is 1.92. The Morgan fingerprint density at radius 3 is 1.92 bits per heavy atom. The molecule has 3 rings (SSSR count). The molecule has 0 aliphatic heterocycles. The van der Waals surface area contributed by atoms with Gasteiger partial charge in [-0.3, -0.25) is 4.79 Å². The number of para-hydroxylation sites is 1. The molecule has 25 heavy (non-hydrogen) atoms. The predicted molar refractivity (Wildman–Crippen MR) is 99.8 cm³/mol. The number of hydrogen-bond acceptors (Lipinski definition) is 2. The molecule has 126 valence electrons. The van der Waals surface area contributed by atoms with E-state index in [1.165, 1.54) is 0 Å². The van der Waals surface area contributed by atoms with Gasteiger partial charge in [-0.05, 0) is 30.2 Å². The molecule has 0 aliphatic carbocycles. The molecule has 0 heterocycles. The normalized spacial score (nSPS) is 10.5. The number of amides is 1. The van der Waals surface area contributed by atoms with Crippen LogP contribution in [0.25, 0.3) is 0 Å². The van der Waals surface area contributed by atoms with Crippen LogP contribution in [0.1, 0.15) is 34.5 Å². The van der Waals surface area contributed by atoms with Crippen molar-refractivity contribution in [3.05, 3.63) is 102 Å². The minimum atomic E-state index is -0.218. The van der Waals surface area contributed by atoms with Gasteiger partial charge < -0.3 is 10.1 Å². The number of benzene rings is 3. The van der Waals surface area contributed by atoms with E-state index in [-0.39, 0.29) is 11.9 Å². The molecule has 0 atom stereocenters. The molecule has 1 N–H and O–H groups in total. The zero-order valence-electron chi connectivity index (χ0n) is 14.2. The lowest BCUT2D eigenvalue weighted by Crippen LogP contribution is -2.29. The van der Waals surface area contributed by atoms with Crippen molar-refractivity contribution in [3.8, 4) is 5.75 Å². The number of nitrogens with one attached hydrogen (secondary N) is 1. The van der Waals surface area contributed by atoms with Crippen LogP contribution in [0.3, 0.4) is 0 Å². The Bertz CT molecular complexity index is 776. The molecule has 3 heteroatoms. The summed E-state index contributed by atoms with van der Waals surface area (Å²) in [5, 5.41) is 3.15. The van der Waals surface area contributed by atoms with Gasteiger partial charge in [-0.15, -0.1) is 0 Å². The predicted octanol–water partition coefficient (Wildman–Crippen LogP) is 4.60. The fourth-order valence-electron chi connectivity index (χ4n) is 2.79. The van der Waals surface area contributed by atoms with Crippen molar-refractivity contribution in [1.29, 1.82) is 0 Å². The SMILES string of the molecule is CCOc1ccccc1C(=O)NC(c1ccccc1)c1ccccc1. The van der Waals surface area contributed by atoms with E-state index in [2.05, 4.69) is 5.32 Å². The van der Waals surface area contributed by atoms with Crippen LogP contribution in [-0.2, 0) is 0 Å². The van der Waals surface area contributed by atoms with Crippen LogP contribution in [0.2, 0.25) is 0 Å². The van der Waals surface area contributed by atoms with Gasteiger partial charge in [-0.1, -0.05) is 72.8 Å². The molecule has 0 unspecified atom stereocenters. The van der Waals surface area contributed by atoms with Crippen LogP contribution in [0.4, 0.5) is 0 Å². The van der Waals surface area contributed by atoms with E-state index in [1.54, 1.807) is 6.07 Å². The van der Waals surface area contributed by atoms with Crippen molar-refractivity contribution in [1.82, 2.24) is 5.32 Å². The lowest BCUT2D eigenvalue weighted by molar-refractivity contribution is 0.0939. The Labute approximate surface area is 148 Å². The van der Waals surface area contributed by atoms with Gasteiger partial charge in [0.25, 0.3) is 5.91 Å². The van der Waals surface area contributed by atoms with Gasteiger partial charge in [-0.2, -0.15) is 0 Å². The minimum Gasteiger partial charge on any atom is -0.493 e. The molecule has 3 nitrogen and oxygen atoms in total. The average molecular weight is 331 g/mol. The third-order valence-electron chi connectivity index (χ3n) is 3.97. The maximum Gasteiger partial charge on any atom is 0.255 e. The summed E-state index contributed by atoms with van der Waals surface area (Å²) in [5.74, 6) is 0.448. The van der Waals surface area contributed by atoms with Crippen LogP contribution in [0.5, 0.6) is 5.75 Å². The van der Waals surface area contributed by atoms with Crippen LogP contribution in [0.15, 0.2) is 84.9 Å². The standard InChI is InChI=1S/C22H21NO2/c1-2-25-20-16-10-9-15-19(20)22(24)23-21(17-11-5-3-6-12-17)18-13-7-4-8-14-18/h3-16,21H,2H2,1H3,(H,23,24). The molecule has 0 radical (unpaired) electrons. The summed E-state index contributed by atoms with van der Waals surface area (Å²) in [7, 11) is 0. The highest BCUT2D eigenvalue weighted by Gasteiger charge is 2.19. The fraction of sp³-hybridized carbons (Fsp3) is 0.136. The van der Waals surface area contributed by atoms with Gasteiger partial charge >= 0.3 is 0 Å². The van der Waals surface area contributed by atoms with Gasteiger partial charge in [0.05, 0.1) is 18.2 Å². The summed E-state index contributed by atoms with van der Waals surface area (Å²) < 4.78 is 5.59. The molecule has 3 aromatic carbocycles. The fourth-order valence-corrected chi connectivity index (χ4v) is 2.79. The zero-order chi connectivity index (χ0) is 17.5. The summed E-state index contributed by atoms with van der Waals surface area (Å²) in [5.41, 5.74) is 2.62. The van der Waals surface area contributed by atoms with E-state index in [1.807, 2.05) is 85.8 Å². The van der Waals surface area contributed by atoms with Gasteiger partial charge in [0.1, 0.15) is 5.75 Å². The first-order valence-electron chi connectivity index (χ1n) is 8.42. The van der Waals surface area contributed by atoms with E-state index in [0.29, 0.717) is 17.9 Å². The lowest BCUT2D eigenvalue weighted by atomic mass is 9.98. The minimum absolute atomic E-state index is 0.151. The zero-order valence-corrected chi connectivity index (χ0v) is 14.2. The number of rotatable bonds is 6. The Hall–Kier alpha value is -3.07. The number of carbonyl (C=O) groups is 1. The molecule has 0 fully saturated rings. The van der Waals surface area contributed by atoms with E-state index >= 15 is 0 Å². The molecule has 0 bridgehead atoms. The summed E-state index contributed by atoms with van der Waals surface area (Å²) in [6.07, 6.45) is 0. The maximum atomic E-state index is 12.9. The van der Waals surface area contributed by atoms with Crippen molar-refractivity contribution >= 4 is 5.91 Å². The molecule has 0 saturated carbocycles. The van der Waals surface area contributed by atoms with Crippen LogP contribution in [0, 0.1) is 0 Å². The molecule has 3 aromatic rings. The highest BCUT2D eigenvalue weighted by molar-refractivity contribution is 5.97. The summed E-state index contributed by atoms with van der Waals surface area (Å²) in [4.78, 5) is 12.9. The Kier molecular flexibility index (Phi) is 5.47. The molecule has 0 aliphatic rings. The molecule has 0 aromatic heterocycles. The number of carbonyl (C=O) groups excluding carboxylic acids is 1. The number of hydrogen-bond donors (Lipinski definition) is 1. The molecular weight excluding hydrogens is 310 g/mol. The van der Waals surface area contributed by atoms with E-state index in [0.717, 1.165) is 11.1 Å². The third-order valence-corrected chi connectivity index (χ3v) is 3.97. The van der Waals surface area contributed by atoms with Gasteiger partial charge in [-0.25, -0.2) is 0 Å². The average Bonchev–Trinajstić information content (AvgIpc) is 2.68. The quantitative estimate of drug-likeness (QED) is 0.716. The van der Waals surface area contributed by atoms with E-state index < -0.39 is 0 Å². The second-order valence-corrected chi connectivity index (χ2v) is 5.66. The first kappa shape index (κ1) is 16.8. The third kappa shape index (κ3) is 4.07. The van der Waals surface area contributed by atoms with Crippen molar-refractivity contribution in [3.63, 3.8) is 0 Å². The molecule has 0 saturated heterocycles. The Morgan fingerprint density at radius 1 is 0.840 bits per heavy atom. The highest BCUT2D eigenvalue weighted by atomic mass is 16.5. The summed E-state index contributed by atoms with van der Waals surface area (Å²) >= 11 is 0. The summed E-state index contributed by atoms with van der Waals surface area (Å²) in [6, 6.07) is 27.0. The number of ether oxygens (including phenoxy) is 1. The monoisotopic (exact) mass is 331 g/mol. The van der Waals surface area contributed by atoms with Crippen LogP contribution >= 0.6 is 0 Å². The molecular formula is C22H21NO2. The van der Waals surface area contributed by atoms with Crippen molar-refractivity contribution in [2.45, 2.75) is 13.0 Å². The van der Waals surface area contributed by atoms with Gasteiger partial charge in [0, 0.05) is 0 Å². The second-order valence-electron chi connectivity index (χ2n) is 5.66. The molecule has 0 spiro atoms. The van der Waals surface area contributed by atoms with E-state index in [9.17, 15) is 4.79 Å². The van der Waals surface area contributed by atoms with Crippen molar-refractivity contribution in [2.24, 2.45) is 0 Å². The first-order valence-corrected chi connectivity index (χ1v) is 8.42. The van der Waals surface area contributed by atoms with Gasteiger partial charge in [0.15, 0.2) is 0 Å². The highest BCUT2D eigenvalue weighted by Crippen LogP contribution is 2.24. The topological polar surface area (TPSA) is 38.3 Å².